The van der Waals surface area contributed by atoms with Gasteiger partial charge in [-0.1, -0.05) is 12.1 Å². The summed E-state index contributed by atoms with van der Waals surface area (Å²) in [6.45, 7) is 2.69. The van der Waals surface area contributed by atoms with Gasteiger partial charge in [0.15, 0.2) is 0 Å². The zero-order valence-electron chi connectivity index (χ0n) is 10.9. The van der Waals surface area contributed by atoms with E-state index in [0.717, 1.165) is 49.3 Å². The van der Waals surface area contributed by atoms with Gasteiger partial charge in [-0.2, -0.15) is 4.98 Å². The lowest BCUT2D eigenvalue weighted by atomic mass is 9.97. The Labute approximate surface area is 112 Å². The Morgan fingerprint density at radius 3 is 2.63 bits per heavy atom. The van der Waals surface area contributed by atoms with Gasteiger partial charge < -0.3 is 16.4 Å². The molecule has 19 heavy (non-hydrogen) atoms. The van der Waals surface area contributed by atoms with Crippen LogP contribution in [0.1, 0.15) is 12.8 Å². The Morgan fingerprint density at radius 1 is 1.16 bits per heavy atom. The molecule has 0 aliphatic carbocycles. The van der Waals surface area contributed by atoms with E-state index in [9.17, 15) is 0 Å². The number of nitrogens with two attached hydrogens (primary N) is 2. The maximum Gasteiger partial charge on any atom is 0.227 e. The predicted octanol–water partition coefficient (Wildman–Crippen LogP) is 1.39. The second kappa shape index (κ2) is 5.01. The van der Waals surface area contributed by atoms with Crippen molar-refractivity contribution in [3.8, 4) is 0 Å². The molecule has 1 saturated heterocycles. The molecule has 5 nitrogen and oxygen atoms in total. The summed E-state index contributed by atoms with van der Waals surface area (Å²) in [6.07, 6.45) is 2.21. The smallest absolute Gasteiger partial charge is 0.227 e. The molecule has 3 rings (SSSR count). The molecule has 2 heterocycles. The van der Waals surface area contributed by atoms with Crippen molar-refractivity contribution in [2.45, 2.75) is 12.8 Å². The maximum absolute atomic E-state index is 6.02. The van der Waals surface area contributed by atoms with Gasteiger partial charge in [0.05, 0.1) is 5.52 Å². The minimum Gasteiger partial charge on any atom is -0.383 e. The number of hydrogen-bond acceptors (Lipinski definition) is 5. The first-order valence-corrected chi connectivity index (χ1v) is 6.75. The summed E-state index contributed by atoms with van der Waals surface area (Å²) >= 11 is 0. The fraction of sp³-hybridized carbons (Fsp3) is 0.429. The highest BCUT2D eigenvalue weighted by atomic mass is 15.3. The van der Waals surface area contributed by atoms with Gasteiger partial charge in [0.25, 0.3) is 0 Å². The van der Waals surface area contributed by atoms with E-state index in [0.29, 0.717) is 11.7 Å². The lowest BCUT2D eigenvalue weighted by molar-refractivity contribution is 0.411. The quantitative estimate of drug-likeness (QED) is 0.849. The van der Waals surface area contributed by atoms with Crippen molar-refractivity contribution in [3.63, 3.8) is 0 Å². The van der Waals surface area contributed by atoms with Crippen LogP contribution in [0.5, 0.6) is 0 Å². The summed E-state index contributed by atoms with van der Waals surface area (Å²) in [4.78, 5) is 11.3. The van der Waals surface area contributed by atoms with E-state index in [1.165, 1.54) is 0 Å². The van der Waals surface area contributed by atoms with E-state index in [2.05, 4.69) is 14.9 Å². The molecule has 0 unspecified atom stereocenters. The van der Waals surface area contributed by atoms with Crippen molar-refractivity contribution < 1.29 is 0 Å². The lowest BCUT2D eigenvalue weighted by Gasteiger charge is -2.31. The number of hydrogen-bond donors (Lipinski definition) is 2. The molecule has 1 aliphatic heterocycles. The van der Waals surface area contributed by atoms with E-state index in [1.54, 1.807) is 0 Å². The van der Waals surface area contributed by atoms with Gasteiger partial charge in [-0.25, -0.2) is 4.98 Å². The fourth-order valence-corrected chi connectivity index (χ4v) is 2.60. The van der Waals surface area contributed by atoms with Crippen LogP contribution in [0.15, 0.2) is 24.3 Å². The van der Waals surface area contributed by atoms with Crippen LogP contribution in [0.3, 0.4) is 0 Å². The van der Waals surface area contributed by atoms with Crippen molar-refractivity contribution in [2.75, 3.05) is 30.3 Å². The SMILES string of the molecule is NCC1CCN(c2nc(N)c3ccccc3n2)CC1. The summed E-state index contributed by atoms with van der Waals surface area (Å²) in [7, 11) is 0. The summed E-state index contributed by atoms with van der Waals surface area (Å²) in [5.74, 6) is 1.93. The van der Waals surface area contributed by atoms with Crippen LogP contribution >= 0.6 is 0 Å². The molecule has 0 atom stereocenters. The topological polar surface area (TPSA) is 81.1 Å². The van der Waals surface area contributed by atoms with Crippen molar-refractivity contribution >= 4 is 22.7 Å². The number of rotatable bonds is 2. The van der Waals surface area contributed by atoms with Gasteiger partial charge in [0, 0.05) is 18.5 Å². The number of anilines is 2. The van der Waals surface area contributed by atoms with Crippen LogP contribution in [0, 0.1) is 5.92 Å². The molecule has 1 fully saturated rings. The van der Waals surface area contributed by atoms with Gasteiger partial charge in [0.1, 0.15) is 5.82 Å². The minimum absolute atomic E-state index is 0.557. The number of benzene rings is 1. The highest BCUT2D eigenvalue weighted by Crippen LogP contribution is 2.24. The monoisotopic (exact) mass is 257 g/mol. The Hall–Kier alpha value is -1.88. The lowest BCUT2D eigenvalue weighted by Crippen LogP contribution is -2.37. The first kappa shape index (κ1) is 12.2. The first-order chi connectivity index (χ1) is 9.28. The molecule has 0 saturated carbocycles. The Kier molecular flexibility index (Phi) is 3.21. The summed E-state index contributed by atoms with van der Waals surface area (Å²) in [5, 5.41) is 0.920. The molecule has 0 bridgehead atoms. The van der Waals surface area contributed by atoms with Gasteiger partial charge >= 0.3 is 0 Å². The molecular formula is C14H19N5. The van der Waals surface area contributed by atoms with Gasteiger partial charge in [0.2, 0.25) is 5.95 Å². The molecule has 4 N–H and O–H groups in total. The second-order valence-corrected chi connectivity index (χ2v) is 5.09. The fourth-order valence-electron chi connectivity index (χ4n) is 2.60. The molecule has 0 amide bonds. The van der Waals surface area contributed by atoms with E-state index in [4.69, 9.17) is 11.5 Å². The normalized spacial score (nSPS) is 17.0. The Balaban J connectivity index is 1.89. The standard InChI is InChI=1S/C14H19N5/c15-9-10-5-7-19(8-6-10)14-17-12-4-2-1-3-11(12)13(16)18-14/h1-4,10H,5-9,15H2,(H2,16,17,18). The molecule has 1 aliphatic rings. The summed E-state index contributed by atoms with van der Waals surface area (Å²) in [5.41, 5.74) is 12.6. The van der Waals surface area contributed by atoms with Gasteiger partial charge in [-0.15, -0.1) is 0 Å². The third kappa shape index (κ3) is 2.33. The van der Waals surface area contributed by atoms with Crippen molar-refractivity contribution in [1.82, 2.24) is 9.97 Å². The highest BCUT2D eigenvalue weighted by Gasteiger charge is 2.20. The largest absolute Gasteiger partial charge is 0.383 e. The second-order valence-electron chi connectivity index (χ2n) is 5.09. The number of fused-ring (bicyclic) bond motifs is 1. The minimum atomic E-state index is 0.557. The zero-order chi connectivity index (χ0) is 13.2. The van der Waals surface area contributed by atoms with Crippen molar-refractivity contribution in [1.29, 1.82) is 0 Å². The number of nitrogens with zero attached hydrogens (tertiary/aromatic N) is 3. The highest BCUT2D eigenvalue weighted by molar-refractivity contribution is 5.88. The number of para-hydroxylation sites is 1. The first-order valence-electron chi connectivity index (χ1n) is 6.75. The van der Waals surface area contributed by atoms with Gasteiger partial charge in [-0.05, 0) is 37.4 Å². The molecule has 0 spiro atoms. The molecule has 2 aromatic rings. The van der Waals surface area contributed by atoms with Crippen LogP contribution < -0.4 is 16.4 Å². The molecule has 100 valence electrons. The average molecular weight is 257 g/mol. The van der Waals surface area contributed by atoms with Gasteiger partial charge in [-0.3, -0.25) is 0 Å². The van der Waals surface area contributed by atoms with Crippen LogP contribution in [0.2, 0.25) is 0 Å². The number of nitrogen functional groups attached to an aromatic ring is 1. The molecule has 5 heteroatoms. The maximum atomic E-state index is 6.02. The van der Waals surface area contributed by atoms with Crippen LogP contribution in [0.4, 0.5) is 11.8 Å². The van der Waals surface area contributed by atoms with Crippen LogP contribution in [-0.4, -0.2) is 29.6 Å². The zero-order valence-corrected chi connectivity index (χ0v) is 10.9. The van der Waals surface area contributed by atoms with Crippen LogP contribution in [0.25, 0.3) is 10.9 Å². The number of piperidine rings is 1. The average Bonchev–Trinajstić information content (AvgIpc) is 2.47. The molecule has 1 aromatic heterocycles. The Morgan fingerprint density at radius 2 is 1.89 bits per heavy atom. The summed E-state index contributed by atoms with van der Waals surface area (Å²) < 4.78 is 0. The third-order valence-corrected chi connectivity index (χ3v) is 3.85. The van der Waals surface area contributed by atoms with E-state index in [1.807, 2.05) is 24.3 Å². The van der Waals surface area contributed by atoms with E-state index in [-0.39, 0.29) is 0 Å². The van der Waals surface area contributed by atoms with Crippen molar-refractivity contribution in [3.05, 3.63) is 24.3 Å². The van der Waals surface area contributed by atoms with E-state index >= 15 is 0 Å². The predicted molar refractivity (Wildman–Crippen MR) is 77.9 cm³/mol. The summed E-state index contributed by atoms with van der Waals surface area (Å²) in [6, 6.07) is 7.85. The van der Waals surface area contributed by atoms with Crippen LogP contribution in [-0.2, 0) is 0 Å². The Bertz CT molecular complexity index is 575. The van der Waals surface area contributed by atoms with E-state index < -0.39 is 0 Å². The molecule has 1 aromatic carbocycles. The number of aromatic nitrogens is 2. The molecule has 0 radical (unpaired) electrons. The van der Waals surface area contributed by atoms with Crippen molar-refractivity contribution in [2.24, 2.45) is 11.7 Å². The molecular weight excluding hydrogens is 238 g/mol. The third-order valence-electron chi connectivity index (χ3n) is 3.85.